The number of benzene rings is 2. The van der Waals surface area contributed by atoms with Crippen LogP contribution in [-0.2, 0) is 11.2 Å². The van der Waals surface area contributed by atoms with Gasteiger partial charge in [0.05, 0.1) is 30.5 Å². The number of hydrogen-bond acceptors (Lipinski definition) is 7. The molecule has 3 aliphatic rings. The van der Waals surface area contributed by atoms with Crippen LogP contribution in [0.5, 0.6) is 11.5 Å². The summed E-state index contributed by atoms with van der Waals surface area (Å²) in [7, 11) is 0. The lowest BCUT2D eigenvalue weighted by Gasteiger charge is -2.42. The first-order valence-electron chi connectivity index (χ1n) is 15.4. The molecule has 0 bridgehead atoms. The normalized spacial score (nSPS) is 22.7. The van der Waals surface area contributed by atoms with Crippen LogP contribution >= 0.6 is 0 Å². The average molecular weight is 602 g/mol. The Hall–Kier alpha value is -3.31. The maximum Gasteiger partial charge on any atom is 0.393 e. The summed E-state index contributed by atoms with van der Waals surface area (Å²) in [5, 5.41) is 9.68. The van der Waals surface area contributed by atoms with E-state index in [1.807, 2.05) is 26.0 Å². The van der Waals surface area contributed by atoms with Gasteiger partial charge in [-0.15, -0.1) is 0 Å². The van der Waals surface area contributed by atoms with Crippen LogP contribution in [-0.4, -0.2) is 75.8 Å². The molecule has 0 radical (unpaired) electrons. The molecule has 2 saturated heterocycles. The van der Waals surface area contributed by atoms with E-state index in [0.29, 0.717) is 43.4 Å². The number of hydrogen-bond donors (Lipinski definition) is 3. The summed E-state index contributed by atoms with van der Waals surface area (Å²) in [5.41, 5.74) is 5.32. The molecule has 0 aliphatic carbocycles. The number of rotatable bonds is 9. The van der Waals surface area contributed by atoms with Crippen LogP contribution in [0.1, 0.15) is 56.7 Å². The molecule has 2 aromatic carbocycles. The monoisotopic (exact) mass is 601 g/mol. The van der Waals surface area contributed by atoms with Gasteiger partial charge in [0.25, 0.3) is 0 Å². The van der Waals surface area contributed by atoms with Gasteiger partial charge in [-0.2, -0.15) is 13.2 Å². The molecule has 8 nitrogen and oxygen atoms in total. The Labute approximate surface area is 251 Å². The number of aliphatic imine (C=N–C) groups is 1. The number of piperidine rings is 1. The van der Waals surface area contributed by atoms with Crippen molar-refractivity contribution in [2.24, 2.45) is 10.9 Å². The molecule has 3 heterocycles. The summed E-state index contributed by atoms with van der Waals surface area (Å²) in [5.74, 6) is -0.291. The van der Waals surface area contributed by atoms with E-state index in [1.54, 1.807) is 0 Å². The minimum atomic E-state index is -4.15. The van der Waals surface area contributed by atoms with Crippen molar-refractivity contribution < 1.29 is 27.4 Å². The van der Waals surface area contributed by atoms with Gasteiger partial charge in [0.1, 0.15) is 6.54 Å². The molecule has 43 heavy (non-hydrogen) atoms. The van der Waals surface area contributed by atoms with E-state index in [9.17, 15) is 18.0 Å². The molecule has 0 saturated carbocycles. The number of piperazine rings is 1. The lowest BCUT2D eigenvalue weighted by atomic mass is 9.89. The Morgan fingerprint density at radius 2 is 1.74 bits per heavy atom. The second-order valence-electron chi connectivity index (χ2n) is 11.4. The SMILES string of the molecule is CCCc1cc(N2CCNC(C3CCC(C(F)(F)F)CN3)C2)ccc1C1=NCC(=O)Nc2cc(OCC)c(OCC)cc21. The van der Waals surface area contributed by atoms with Crippen LogP contribution in [0, 0.1) is 5.92 Å². The highest BCUT2D eigenvalue weighted by Gasteiger charge is 2.43. The number of ether oxygens (including phenoxy) is 2. The maximum atomic E-state index is 13.2. The van der Waals surface area contributed by atoms with Gasteiger partial charge in [0.15, 0.2) is 11.5 Å². The van der Waals surface area contributed by atoms with E-state index in [-0.39, 0.29) is 37.5 Å². The topological polar surface area (TPSA) is 87.2 Å². The van der Waals surface area contributed by atoms with Crippen LogP contribution in [0.2, 0.25) is 0 Å². The standard InChI is InChI=1S/C32H42F3N5O3/c1-4-7-20-14-22(40-13-12-36-27(19-40)25-11-8-21(17-37-25)32(33,34)35)9-10-23(20)31-24-15-28(42-5-2)29(43-6-3)16-26(24)39-30(41)18-38-31/h9-10,14-16,21,25,27,36-37H,4-8,11-13,17-19H2,1-3H3,(H,39,41). The van der Waals surface area contributed by atoms with Gasteiger partial charge in [-0.25, -0.2) is 0 Å². The minimum absolute atomic E-state index is 0.00113. The van der Waals surface area contributed by atoms with Crippen LogP contribution in [0.4, 0.5) is 24.5 Å². The van der Waals surface area contributed by atoms with Gasteiger partial charge >= 0.3 is 6.18 Å². The lowest BCUT2D eigenvalue weighted by molar-refractivity contribution is -0.179. The molecule has 3 atom stereocenters. The van der Waals surface area contributed by atoms with Crippen LogP contribution in [0.25, 0.3) is 0 Å². The highest BCUT2D eigenvalue weighted by Crippen LogP contribution is 2.37. The summed E-state index contributed by atoms with van der Waals surface area (Å²) in [6, 6.07) is 10.1. The number of carbonyl (C=O) groups is 1. The van der Waals surface area contributed by atoms with Crippen molar-refractivity contribution in [3.8, 4) is 11.5 Å². The number of anilines is 2. The third-order valence-corrected chi connectivity index (χ3v) is 8.43. The largest absolute Gasteiger partial charge is 0.490 e. The zero-order valence-electron chi connectivity index (χ0n) is 25.2. The molecule has 11 heteroatoms. The smallest absolute Gasteiger partial charge is 0.393 e. The van der Waals surface area contributed by atoms with Crippen molar-refractivity contribution in [1.29, 1.82) is 0 Å². The zero-order valence-corrected chi connectivity index (χ0v) is 25.2. The maximum absolute atomic E-state index is 13.2. The highest BCUT2D eigenvalue weighted by atomic mass is 19.4. The molecule has 3 N–H and O–H groups in total. The molecule has 2 aromatic rings. The van der Waals surface area contributed by atoms with Crippen molar-refractivity contribution in [3.63, 3.8) is 0 Å². The Morgan fingerprint density at radius 1 is 0.977 bits per heavy atom. The number of nitrogens with one attached hydrogen (secondary N) is 3. The number of nitrogens with zero attached hydrogens (tertiary/aromatic N) is 2. The number of carbonyl (C=O) groups excluding carboxylic acids is 1. The fourth-order valence-electron chi connectivity index (χ4n) is 6.32. The van der Waals surface area contributed by atoms with E-state index >= 15 is 0 Å². The number of aryl methyl sites for hydroxylation is 1. The summed E-state index contributed by atoms with van der Waals surface area (Å²) in [6.45, 7) is 9.14. The first-order chi connectivity index (χ1) is 20.7. The summed E-state index contributed by atoms with van der Waals surface area (Å²) >= 11 is 0. The molecule has 5 rings (SSSR count). The first-order valence-corrected chi connectivity index (χ1v) is 15.4. The second kappa shape index (κ2) is 13.5. The van der Waals surface area contributed by atoms with Gasteiger partial charge in [-0.3, -0.25) is 9.79 Å². The van der Waals surface area contributed by atoms with Crippen molar-refractivity contribution >= 4 is 23.0 Å². The van der Waals surface area contributed by atoms with E-state index in [0.717, 1.165) is 54.0 Å². The van der Waals surface area contributed by atoms with Gasteiger partial charge in [0.2, 0.25) is 5.91 Å². The van der Waals surface area contributed by atoms with Crippen LogP contribution in [0.15, 0.2) is 35.3 Å². The van der Waals surface area contributed by atoms with Gasteiger partial charge in [-0.05, 0) is 56.9 Å². The Balaban J connectivity index is 1.42. The molecular weight excluding hydrogens is 559 g/mol. The molecule has 0 aromatic heterocycles. The van der Waals surface area contributed by atoms with E-state index in [1.165, 1.54) is 0 Å². The minimum Gasteiger partial charge on any atom is -0.490 e. The molecule has 2 fully saturated rings. The number of fused-ring (bicyclic) bond motifs is 1. The van der Waals surface area contributed by atoms with E-state index in [4.69, 9.17) is 14.5 Å². The molecule has 3 unspecified atom stereocenters. The number of halogens is 3. The summed E-state index contributed by atoms with van der Waals surface area (Å²) < 4.78 is 51.3. The number of amides is 1. The summed E-state index contributed by atoms with van der Waals surface area (Å²) in [4.78, 5) is 19.7. The quantitative estimate of drug-likeness (QED) is 0.378. The molecule has 3 aliphatic heterocycles. The lowest BCUT2D eigenvalue weighted by Crippen LogP contribution is -2.61. The predicted molar refractivity (Wildman–Crippen MR) is 163 cm³/mol. The van der Waals surface area contributed by atoms with Gasteiger partial charge in [0, 0.05) is 61.1 Å². The second-order valence-corrected chi connectivity index (χ2v) is 11.4. The fraction of sp³-hybridized carbons (Fsp3) is 0.562. The Bertz CT molecular complexity index is 1320. The fourth-order valence-corrected chi connectivity index (χ4v) is 6.32. The molecule has 1 amide bonds. The summed E-state index contributed by atoms with van der Waals surface area (Å²) in [6.07, 6.45) is -1.74. The van der Waals surface area contributed by atoms with E-state index in [2.05, 4.69) is 46.0 Å². The van der Waals surface area contributed by atoms with Crippen molar-refractivity contribution in [2.75, 3.05) is 56.2 Å². The van der Waals surface area contributed by atoms with Crippen molar-refractivity contribution in [3.05, 3.63) is 47.0 Å². The third-order valence-electron chi connectivity index (χ3n) is 8.43. The number of alkyl halides is 3. The predicted octanol–water partition coefficient (Wildman–Crippen LogP) is 4.93. The van der Waals surface area contributed by atoms with Gasteiger partial charge < -0.3 is 30.3 Å². The van der Waals surface area contributed by atoms with E-state index < -0.39 is 12.1 Å². The van der Waals surface area contributed by atoms with Crippen LogP contribution in [0.3, 0.4) is 0 Å². The van der Waals surface area contributed by atoms with Crippen molar-refractivity contribution in [2.45, 2.75) is 64.7 Å². The van der Waals surface area contributed by atoms with Crippen LogP contribution < -0.4 is 30.3 Å². The molecule has 234 valence electrons. The van der Waals surface area contributed by atoms with Gasteiger partial charge in [-0.1, -0.05) is 19.4 Å². The molecule has 0 spiro atoms. The zero-order chi connectivity index (χ0) is 30.6. The van der Waals surface area contributed by atoms with Crippen molar-refractivity contribution in [1.82, 2.24) is 10.6 Å². The third kappa shape index (κ3) is 7.09. The molecular formula is C32H42F3N5O3. The number of benzodiazepines with no additional fused rings is 1. The Morgan fingerprint density at radius 3 is 2.42 bits per heavy atom. The Kier molecular flexibility index (Phi) is 9.81. The average Bonchev–Trinajstić information content (AvgIpc) is 3.15. The first kappa shape index (κ1) is 31.1. The highest BCUT2D eigenvalue weighted by molar-refractivity contribution is 6.20.